The molecule has 4 heterocycles. The van der Waals surface area contributed by atoms with Crippen molar-refractivity contribution in [1.29, 1.82) is 0 Å². The van der Waals surface area contributed by atoms with Crippen molar-refractivity contribution in [3.8, 4) is 0 Å². The van der Waals surface area contributed by atoms with E-state index in [1.165, 1.54) is 0 Å². The topological polar surface area (TPSA) is 110 Å². The number of ether oxygens (including phenoxy) is 1. The number of rotatable bonds is 7. The van der Waals surface area contributed by atoms with Gasteiger partial charge in [-0.05, 0) is 47.4 Å². The zero-order valence-electron chi connectivity index (χ0n) is 21.2. The first-order valence-electron chi connectivity index (χ1n) is 12.3. The van der Waals surface area contributed by atoms with Gasteiger partial charge in [-0.2, -0.15) is 0 Å². The lowest BCUT2D eigenvalue weighted by Crippen LogP contribution is -2.55. The maximum Gasteiger partial charge on any atom is 0.229 e. The van der Waals surface area contributed by atoms with Gasteiger partial charge in [-0.1, -0.05) is 30.8 Å². The van der Waals surface area contributed by atoms with E-state index in [-0.39, 0.29) is 12.2 Å². The molecule has 0 spiro atoms. The fourth-order valence-corrected chi connectivity index (χ4v) is 6.27. The number of benzene rings is 1. The summed E-state index contributed by atoms with van der Waals surface area (Å²) in [6, 6.07) is 7.32. The van der Waals surface area contributed by atoms with Crippen molar-refractivity contribution in [3.05, 3.63) is 70.1 Å². The molecule has 37 heavy (non-hydrogen) atoms. The van der Waals surface area contributed by atoms with Crippen LogP contribution in [0.2, 0.25) is 0 Å². The Balaban J connectivity index is 1.26. The van der Waals surface area contributed by atoms with Gasteiger partial charge in [0.2, 0.25) is 21.9 Å². The Kier molecular flexibility index (Phi) is 7.52. The normalized spacial score (nSPS) is 24.4. The molecule has 0 bridgehead atoms. The monoisotopic (exact) mass is 543 g/mol. The maximum absolute atomic E-state index is 11.7. The number of fused-ring (bicyclic) bond motifs is 1. The summed E-state index contributed by atoms with van der Waals surface area (Å²) >= 11 is 1.61. The van der Waals surface area contributed by atoms with E-state index in [4.69, 9.17) is 4.74 Å². The second-order valence-electron chi connectivity index (χ2n) is 9.22. The molecule has 1 saturated heterocycles. The lowest BCUT2D eigenvalue weighted by molar-refractivity contribution is 0.0946. The summed E-state index contributed by atoms with van der Waals surface area (Å²) in [7, 11) is -1.69. The van der Waals surface area contributed by atoms with Crippen molar-refractivity contribution < 1.29 is 13.2 Å². The molecule has 2 unspecified atom stereocenters. The third-order valence-electron chi connectivity index (χ3n) is 6.69. The highest BCUT2D eigenvalue weighted by atomic mass is 32.2. The molecule has 1 aromatic carbocycles. The quantitative estimate of drug-likeness (QED) is 0.410. The zero-order chi connectivity index (χ0) is 26.0. The van der Waals surface area contributed by atoms with Crippen molar-refractivity contribution in [2.24, 2.45) is 4.99 Å². The van der Waals surface area contributed by atoms with Gasteiger partial charge >= 0.3 is 0 Å². The van der Waals surface area contributed by atoms with Crippen LogP contribution in [0.4, 0.5) is 5.69 Å². The number of dihydropyridines is 1. The zero-order valence-corrected chi connectivity index (χ0v) is 22.8. The van der Waals surface area contributed by atoms with Crippen LogP contribution in [-0.2, 0) is 14.8 Å². The molecule has 0 radical (unpaired) electrons. The summed E-state index contributed by atoms with van der Waals surface area (Å²) in [6.45, 7) is 7.44. The van der Waals surface area contributed by atoms with E-state index in [1.54, 1.807) is 24.9 Å². The van der Waals surface area contributed by atoms with Gasteiger partial charge in [-0.25, -0.2) is 13.4 Å². The van der Waals surface area contributed by atoms with Gasteiger partial charge < -0.3 is 25.6 Å². The molecule has 5 rings (SSSR count). The smallest absolute Gasteiger partial charge is 0.229 e. The molecule has 0 aromatic heterocycles. The highest BCUT2D eigenvalue weighted by molar-refractivity contribution is 8.06. The summed E-state index contributed by atoms with van der Waals surface area (Å²) in [6.07, 6.45) is 7.28. The molecule has 4 aliphatic heterocycles. The molecule has 1 aromatic rings. The molecule has 0 aliphatic carbocycles. The van der Waals surface area contributed by atoms with Crippen LogP contribution in [0, 0.1) is 0 Å². The lowest BCUT2D eigenvalue weighted by Gasteiger charge is -2.39. The Hall–Kier alpha value is -2.93. The first-order chi connectivity index (χ1) is 17.8. The summed E-state index contributed by atoms with van der Waals surface area (Å²) in [5, 5.41) is 12.4. The average Bonchev–Trinajstić information content (AvgIpc) is 3.31. The number of allylic oxidation sites excluding steroid dienone is 1. The van der Waals surface area contributed by atoms with E-state index >= 15 is 0 Å². The van der Waals surface area contributed by atoms with Gasteiger partial charge in [0.25, 0.3) is 0 Å². The number of sulfonamides is 1. The van der Waals surface area contributed by atoms with Crippen molar-refractivity contribution in [2.75, 3.05) is 50.8 Å². The number of thioether (sulfide) groups is 1. The van der Waals surface area contributed by atoms with Crippen LogP contribution in [-0.4, -0.2) is 82.5 Å². The average molecular weight is 544 g/mol. The molecular weight excluding hydrogens is 510 g/mol. The first-order valence-corrected chi connectivity index (χ1v) is 15.1. The number of hydrogen-bond donors (Lipinski definition) is 4. The van der Waals surface area contributed by atoms with Gasteiger partial charge in [0.1, 0.15) is 11.9 Å². The minimum absolute atomic E-state index is 0.0841. The first kappa shape index (κ1) is 25.7. The molecule has 0 amide bonds. The van der Waals surface area contributed by atoms with Gasteiger partial charge in [0, 0.05) is 43.0 Å². The highest BCUT2D eigenvalue weighted by Gasteiger charge is 2.31. The van der Waals surface area contributed by atoms with Crippen LogP contribution in [0.25, 0.3) is 5.57 Å². The van der Waals surface area contributed by atoms with Crippen LogP contribution >= 0.6 is 11.8 Å². The number of guanidine groups is 1. The minimum atomic E-state index is -3.35. The minimum Gasteiger partial charge on any atom is -0.481 e. The number of nitrogens with one attached hydrogen (secondary N) is 4. The standard InChI is InChI=1S/C25H33N7O3S2/c1-4-31-10-12-32(13-11-31)22-9-8-20(24(28-22)35-2)27-25-26-15-21-23(29-25)19(16-36-21)17-6-5-7-18(14-17)30-37(3,33)34/h5-9,14-16,22-23,28,30H,4,10-13H2,1-3H3,(H2,26,27,29). The highest BCUT2D eigenvalue weighted by Crippen LogP contribution is 2.41. The SMILES string of the molecule is CCN1CCN(C2C=CC(NC3=NC=C4SC=C(c5cccc(NS(C)(=O)=O)c5)C4N3)=C(OC)N2)CC1. The predicted octanol–water partition coefficient (Wildman–Crippen LogP) is 1.84. The van der Waals surface area contributed by atoms with E-state index in [2.05, 4.69) is 53.9 Å². The van der Waals surface area contributed by atoms with Crippen molar-refractivity contribution in [2.45, 2.75) is 19.1 Å². The van der Waals surface area contributed by atoms with E-state index in [0.29, 0.717) is 17.5 Å². The Morgan fingerprint density at radius 2 is 2.03 bits per heavy atom. The van der Waals surface area contributed by atoms with E-state index in [9.17, 15) is 8.42 Å². The molecule has 1 fully saturated rings. The van der Waals surface area contributed by atoms with Gasteiger partial charge in [0.15, 0.2) is 0 Å². The Morgan fingerprint density at radius 1 is 1.22 bits per heavy atom. The summed E-state index contributed by atoms with van der Waals surface area (Å²) in [4.78, 5) is 10.5. The molecule has 4 N–H and O–H groups in total. The number of anilines is 1. The van der Waals surface area contributed by atoms with Crippen LogP contribution < -0.4 is 20.7 Å². The molecule has 10 nitrogen and oxygen atoms in total. The van der Waals surface area contributed by atoms with Crippen molar-refractivity contribution in [1.82, 2.24) is 25.8 Å². The van der Waals surface area contributed by atoms with Crippen LogP contribution in [0.5, 0.6) is 0 Å². The lowest BCUT2D eigenvalue weighted by atomic mass is 9.99. The van der Waals surface area contributed by atoms with Gasteiger partial charge in [-0.15, -0.1) is 0 Å². The van der Waals surface area contributed by atoms with E-state index in [1.807, 2.05) is 30.5 Å². The van der Waals surface area contributed by atoms with Crippen molar-refractivity contribution >= 4 is 39.0 Å². The van der Waals surface area contributed by atoms with Gasteiger partial charge in [0.05, 0.1) is 19.4 Å². The molecular formula is C25H33N7O3S2. The maximum atomic E-state index is 11.7. The molecule has 0 saturated carbocycles. The Labute approximate surface area is 222 Å². The number of aliphatic imine (C=N–C) groups is 1. The van der Waals surface area contributed by atoms with E-state index < -0.39 is 10.0 Å². The molecule has 2 atom stereocenters. The third-order valence-corrected chi connectivity index (χ3v) is 8.28. The second kappa shape index (κ2) is 10.8. The number of likely N-dealkylation sites (N-methyl/N-ethyl adjacent to an activating group) is 1. The largest absolute Gasteiger partial charge is 0.481 e. The summed E-state index contributed by atoms with van der Waals surface area (Å²) in [5.74, 6) is 1.28. The number of hydrogen-bond acceptors (Lipinski definition) is 10. The van der Waals surface area contributed by atoms with E-state index in [0.717, 1.165) is 60.7 Å². The Morgan fingerprint density at radius 3 is 2.76 bits per heavy atom. The van der Waals surface area contributed by atoms with Crippen LogP contribution in [0.15, 0.2) is 69.5 Å². The van der Waals surface area contributed by atoms with Crippen molar-refractivity contribution in [3.63, 3.8) is 0 Å². The molecule has 4 aliphatic rings. The number of nitrogens with zero attached hydrogens (tertiary/aromatic N) is 3. The fraction of sp³-hybridized carbons (Fsp3) is 0.400. The van der Waals surface area contributed by atoms with Gasteiger partial charge in [-0.3, -0.25) is 9.62 Å². The summed E-state index contributed by atoms with van der Waals surface area (Å²) < 4.78 is 31.6. The number of piperazine rings is 1. The Bertz CT molecular complexity index is 1290. The predicted molar refractivity (Wildman–Crippen MR) is 150 cm³/mol. The van der Waals surface area contributed by atoms with Crippen LogP contribution in [0.1, 0.15) is 12.5 Å². The third kappa shape index (κ3) is 5.98. The second-order valence-corrected chi connectivity index (χ2v) is 11.9. The molecule has 12 heteroatoms. The fourth-order valence-electron chi connectivity index (χ4n) is 4.75. The molecule has 198 valence electrons. The van der Waals surface area contributed by atoms with Crippen LogP contribution in [0.3, 0.4) is 0 Å². The number of methoxy groups -OCH3 is 1. The summed E-state index contributed by atoms with van der Waals surface area (Å²) in [5.41, 5.74) is 3.31.